The first kappa shape index (κ1) is 14.7. The van der Waals surface area contributed by atoms with Gasteiger partial charge < -0.3 is 10.6 Å². The zero-order chi connectivity index (χ0) is 16.1. The predicted molar refractivity (Wildman–Crippen MR) is 90.9 cm³/mol. The minimum Gasteiger partial charge on any atom is -0.339 e. The summed E-state index contributed by atoms with van der Waals surface area (Å²) < 4.78 is 0. The number of aromatic nitrogens is 2. The molecule has 0 aliphatic carbocycles. The number of hydrogen-bond acceptors (Lipinski definition) is 4. The molecule has 0 unspecified atom stereocenters. The molecule has 1 amide bonds. The fraction of sp³-hybridized carbons (Fsp3) is 0.0556. The first-order chi connectivity index (χ1) is 11.2. The van der Waals surface area contributed by atoms with E-state index in [9.17, 15) is 4.79 Å². The SMILES string of the molecule is Cc1ccccc1Nc1ccc(NC(=O)c2ccccc2)nn1. The molecule has 0 fully saturated rings. The lowest BCUT2D eigenvalue weighted by atomic mass is 10.2. The van der Waals surface area contributed by atoms with Crippen molar-refractivity contribution in [1.82, 2.24) is 10.2 Å². The molecule has 1 heterocycles. The van der Waals surface area contributed by atoms with E-state index in [-0.39, 0.29) is 5.91 Å². The van der Waals surface area contributed by atoms with Gasteiger partial charge in [0.2, 0.25) is 0 Å². The van der Waals surface area contributed by atoms with Crippen LogP contribution in [-0.4, -0.2) is 16.1 Å². The Morgan fingerprint density at radius 1 is 0.826 bits per heavy atom. The molecule has 0 aliphatic rings. The van der Waals surface area contributed by atoms with Crippen molar-refractivity contribution in [3.05, 3.63) is 77.9 Å². The Bertz CT molecular complexity index is 801. The lowest BCUT2D eigenvalue weighted by Crippen LogP contribution is -2.13. The van der Waals surface area contributed by atoms with E-state index in [1.807, 2.05) is 49.4 Å². The van der Waals surface area contributed by atoms with Gasteiger partial charge in [-0.25, -0.2) is 0 Å². The zero-order valence-electron chi connectivity index (χ0n) is 12.7. The number of carbonyl (C=O) groups excluding carboxylic acids is 1. The summed E-state index contributed by atoms with van der Waals surface area (Å²) in [5.74, 6) is 0.825. The van der Waals surface area contributed by atoms with Gasteiger partial charge in [0.25, 0.3) is 5.91 Å². The van der Waals surface area contributed by atoms with E-state index in [0.29, 0.717) is 17.2 Å². The Hall–Kier alpha value is -3.21. The molecule has 2 aromatic carbocycles. The van der Waals surface area contributed by atoms with Crippen LogP contribution in [0.2, 0.25) is 0 Å². The second kappa shape index (κ2) is 6.70. The fourth-order valence-electron chi connectivity index (χ4n) is 2.09. The molecular weight excluding hydrogens is 288 g/mol. The van der Waals surface area contributed by atoms with Gasteiger partial charge >= 0.3 is 0 Å². The van der Waals surface area contributed by atoms with Crippen LogP contribution in [0.4, 0.5) is 17.3 Å². The maximum Gasteiger partial charge on any atom is 0.256 e. The number of amides is 1. The Balaban J connectivity index is 1.68. The lowest BCUT2D eigenvalue weighted by Gasteiger charge is -2.08. The normalized spacial score (nSPS) is 10.1. The highest BCUT2D eigenvalue weighted by molar-refractivity contribution is 6.03. The van der Waals surface area contributed by atoms with Gasteiger partial charge in [-0.15, -0.1) is 10.2 Å². The molecule has 0 aliphatic heterocycles. The first-order valence-electron chi connectivity index (χ1n) is 7.25. The fourth-order valence-corrected chi connectivity index (χ4v) is 2.09. The van der Waals surface area contributed by atoms with Crippen LogP contribution in [0.3, 0.4) is 0 Å². The van der Waals surface area contributed by atoms with Crippen LogP contribution >= 0.6 is 0 Å². The molecule has 5 nitrogen and oxygen atoms in total. The van der Waals surface area contributed by atoms with E-state index >= 15 is 0 Å². The molecule has 1 aromatic heterocycles. The summed E-state index contributed by atoms with van der Waals surface area (Å²) in [5, 5.41) is 14.0. The van der Waals surface area contributed by atoms with E-state index in [2.05, 4.69) is 20.8 Å². The van der Waals surface area contributed by atoms with Crippen molar-refractivity contribution in [1.29, 1.82) is 0 Å². The van der Waals surface area contributed by atoms with E-state index in [0.717, 1.165) is 11.3 Å². The van der Waals surface area contributed by atoms with Gasteiger partial charge in [-0.05, 0) is 42.8 Å². The third kappa shape index (κ3) is 3.71. The Morgan fingerprint density at radius 2 is 1.48 bits per heavy atom. The molecule has 0 bridgehead atoms. The second-order valence-corrected chi connectivity index (χ2v) is 5.06. The van der Waals surface area contributed by atoms with Crippen LogP contribution in [0.25, 0.3) is 0 Å². The summed E-state index contributed by atoms with van der Waals surface area (Å²) in [5.41, 5.74) is 2.68. The third-order valence-corrected chi connectivity index (χ3v) is 3.35. The molecule has 0 saturated heterocycles. The number of nitrogens with one attached hydrogen (secondary N) is 2. The minimum absolute atomic E-state index is 0.209. The number of nitrogens with zero attached hydrogens (tertiary/aromatic N) is 2. The molecular formula is C18H16N4O. The summed E-state index contributed by atoms with van der Waals surface area (Å²) >= 11 is 0. The number of rotatable bonds is 4. The molecule has 2 N–H and O–H groups in total. The van der Waals surface area contributed by atoms with Crippen molar-refractivity contribution in [2.45, 2.75) is 6.92 Å². The van der Waals surface area contributed by atoms with Crippen molar-refractivity contribution in [3.63, 3.8) is 0 Å². The van der Waals surface area contributed by atoms with E-state index < -0.39 is 0 Å². The Morgan fingerprint density at radius 3 is 2.17 bits per heavy atom. The zero-order valence-corrected chi connectivity index (χ0v) is 12.7. The molecule has 23 heavy (non-hydrogen) atoms. The predicted octanol–water partition coefficient (Wildman–Crippen LogP) is 3.78. The van der Waals surface area contributed by atoms with Crippen molar-refractivity contribution in [2.75, 3.05) is 10.6 Å². The highest BCUT2D eigenvalue weighted by Crippen LogP contribution is 2.18. The van der Waals surface area contributed by atoms with Gasteiger partial charge in [0.15, 0.2) is 11.6 Å². The van der Waals surface area contributed by atoms with Crippen molar-refractivity contribution in [3.8, 4) is 0 Å². The van der Waals surface area contributed by atoms with Crippen molar-refractivity contribution < 1.29 is 4.79 Å². The van der Waals surface area contributed by atoms with Crippen molar-refractivity contribution in [2.24, 2.45) is 0 Å². The largest absolute Gasteiger partial charge is 0.339 e. The van der Waals surface area contributed by atoms with Crippen molar-refractivity contribution >= 4 is 23.2 Å². The number of hydrogen-bond donors (Lipinski definition) is 2. The van der Waals surface area contributed by atoms with Crippen LogP contribution in [0, 0.1) is 6.92 Å². The quantitative estimate of drug-likeness (QED) is 0.769. The van der Waals surface area contributed by atoms with Crippen LogP contribution in [0.1, 0.15) is 15.9 Å². The molecule has 0 spiro atoms. The van der Waals surface area contributed by atoms with Crippen LogP contribution in [-0.2, 0) is 0 Å². The highest BCUT2D eigenvalue weighted by Gasteiger charge is 2.06. The van der Waals surface area contributed by atoms with Gasteiger partial charge in [0.1, 0.15) is 0 Å². The number of para-hydroxylation sites is 1. The molecule has 0 radical (unpaired) electrons. The number of carbonyl (C=O) groups is 1. The summed E-state index contributed by atoms with van der Waals surface area (Å²) in [6.07, 6.45) is 0. The van der Waals surface area contributed by atoms with E-state index in [4.69, 9.17) is 0 Å². The minimum atomic E-state index is -0.209. The molecule has 3 rings (SSSR count). The number of anilines is 3. The van der Waals surface area contributed by atoms with Gasteiger partial charge in [0, 0.05) is 11.3 Å². The molecule has 114 valence electrons. The van der Waals surface area contributed by atoms with Gasteiger partial charge in [-0.2, -0.15) is 0 Å². The summed E-state index contributed by atoms with van der Waals surface area (Å²) in [4.78, 5) is 12.0. The highest BCUT2D eigenvalue weighted by atomic mass is 16.1. The van der Waals surface area contributed by atoms with E-state index in [1.165, 1.54) is 0 Å². The monoisotopic (exact) mass is 304 g/mol. The average Bonchev–Trinajstić information content (AvgIpc) is 2.59. The smallest absolute Gasteiger partial charge is 0.256 e. The van der Waals surface area contributed by atoms with Crippen LogP contribution in [0.5, 0.6) is 0 Å². The Labute approximate surface area is 134 Å². The number of benzene rings is 2. The van der Waals surface area contributed by atoms with Gasteiger partial charge in [-0.3, -0.25) is 4.79 Å². The maximum absolute atomic E-state index is 12.0. The maximum atomic E-state index is 12.0. The Kier molecular flexibility index (Phi) is 4.29. The summed E-state index contributed by atoms with van der Waals surface area (Å²) in [7, 11) is 0. The van der Waals surface area contributed by atoms with Gasteiger partial charge in [-0.1, -0.05) is 36.4 Å². The van der Waals surface area contributed by atoms with Gasteiger partial charge in [0.05, 0.1) is 0 Å². The molecule has 5 heteroatoms. The first-order valence-corrected chi connectivity index (χ1v) is 7.25. The van der Waals surface area contributed by atoms with Crippen LogP contribution < -0.4 is 10.6 Å². The topological polar surface area (TPSA) is 66.9 Å². The van der Waals surface area contributed by atoms with E-state index in [1.54, 1.807) is 24.3 Å². The third-order valence-electron chi connectivity index (χ3n) is 3.35. The summed E-state index contributed by atoms with van der Waals surface area (Å²) in [6.45, 7) is 2.02. The summed E-state index contributed by atoms with van der Waals surface area (Å²) in [6, 6.07) is 20.4. The number of aryl methyl sites for hydroxylation is 1. The standard InChI is InChI=1S/C18H16N4O/c1-13-7-5-6-10-15(13)19-16-11-12-17(22-21-16)20-18(23)14-8-3-2-4-9-14/h2-12H,1H3,(H,19,21)(H,20,22,23). The van der Waals surface area contributed by atoms with Crippen LogP contribution in [0.15, 0.2) is 66.7 Å². The molecule has 0 atom stereocenters. The molecule has 3 aromatic rings. The second-order valence-electron chi connectivity index (χ2n) is 5.06. The average molecular weight is 304 g/mol. The molecule has 0 saturated carbocycles. The lowest BCUT2D eigenvalue weighted by molar-refractivity contribution is 0.102.